The number of thiazole rings is 1. The number of nitriles is 1. The van der Waals surface area contributed by atoms with E-state index in [-0.39, 0.29) is 5.69 Å². The van der Waals surface area contributed by atoms with E-state index in [0.29, 0.717) is 11.3 Å². The van der Waals surface area contributed by atoms with E-state index < -0.39 is 17.3 Å². The summed E-state index contributed by atoms with van der Waals surface area (Å²) in [6, 6.07) is 1.38. The molecule has 0 bridgehead atoms. The minimum Gasteiger partial charge on any atom is -0.373 e. The van der Waals surface area contributed by atoms with Crippen molar-refractivity contribution in [2.45, 2.75) is 12.3 Å². The van der Waals surface area contributed by atoms with E-state index in [0.717, 1.165) is 5.38 Å². The zero-order chi connectivity index (χ0) is 10.1. The maximum atomic E-state index is 12.0. The topological polar surface area (TPSA) is 56.9 Å². The average Bonchev–Trinajstić information content (AvgIpc) is 2.50. The lowest BCUT2D eigenvalue weighted by Crippen LogP contribution is -2.05. The van der Waals surface area contributed by atoms with Gasteiger partial charge in [-0.2, -0.15) is 18.4 Å². The molecule has 1 atom stereocenters. The quantitative estimate of drug-likeness (QED) is 0.715. The molecule has 1 aromatic heterocycles. The van der Waals surface area contributed by atoms with Gasteiger partial charge in [0.2, 0.25) is 0 Å². The Balaban J connectivity index is 2.95. The molecule has 13 heavy (non-hydrogen) atoms. The van der Waals surface area contributed by atoms with Crippen molar-refractivity contribution in [1.29, 1.82) is 5.26 Å². The number of halogens is 3. The summed E-state index contributed by atoms with van der Waals surface area (Å²) in [6.07, 6.45) is -6.11. The van der Waals surface area contributed by atoms with Gasteiger partial charge in [-0.05, 0) is 0 Å². The second-order valence-electron chi connectivity index (χ2n) is 2.11. The number of nitrogens with zero attached hydrogens (tertiary/aromatic N) is 2. The van der Waals surface area contributed by atoms with Crippen molar-refractivity contribution in [1.82, 2.24) is 4.98 Å². The molecule has 1 aromatic rings. The van der Waals surface area contributed by atoms with Crippen LogP contribution in [0, 0.1) is 11.3 Å². The Labute approximate surface area is 75.1 Å². The molecule has 0 aliphatic carbocycles. The Kier molecular flexibility index (Phi) is 2.54. The largest absolute Gasteiger partial charge is 0.443 e. The molecule has 0 saturated heterocycles. The minimum atomic E-state index is -4.52. The van der Waals surface area contributed by atoms with Crippen molar-refractivity contribution in [2.75, 3.05) is 0 Å². The van der Waals surface area contributed by atoms with E-state index in [4.69, 9.17) is 10.4 Å². The van der Waals surface area contributed by atoms with E-state index >= 15 is 0 Å². The summed E-state index contributed by atoms with van der Waals surface area (Å²) >= 11 is 0.353. The molecule has 1 heterocycles. The predicted molar refractivity (Wildman–Crippen MR) is 37.7 cm³/mol. The molecule has 0 aliphatic heterocycles. The standard InChI is InChI=1S/C6H3F3N2OS/c7-6(8,9)5-11-3(2-13-5)4(12)1-10/h2,4,12H. The van der Waals surface area contributed by atoms with Crippen LogP contribution in [0.15, 0.2) is 5.38 Å². The Hall–Kier alpha value is -1.13. The van der Waals surface area contributed by atoms with Crippen LogP contribution in [-0.2, 0) is 6.18 Å². The SMILES string of the molecule is N#CC(O)c1csc(C(F)(F)F)n1. The zero-order valence-electron chi connectivity index (χ0n) is 6.04. The lowest BCUT2D eigenvalue weighted by atomic mass is 10.3. The van der Waals surface area contributed by atoms with Gasteiger partial charge < -0.3 is 5.11 Å². The summed E-state index contributed by atoms with van der Waals surface area (Å²) in [5, 5.41) is 17.0. The van der Waals surface area contributed by atoms with Crippen LogP contribution < -0.4 is 0 Å². The van der Waals surface area contributed by atoms with Crippen LogP contribution in [0.25, 0.3) is 0 Å². The van der Waals surface area contributed by atoms with Crippen LogP contribution in [0.1, 0.15) is 16.8 Å². The van der Waals surface area contributed by atoms with Crippen molar-refractivity contribution < 1.29 is 18.3 Å². The summed E-state index contributed by atoms with van der Waals surface area (Å²) in [5.41, 5.74) is -0.264. The fourth-order valence-electron chi connectivity index (χ4n) is 0.608. The van der Waals surface area contributed by atoms with Crippen LogP contribution in [0.3, 0.4) is 0 Å². The average molecular weight is 208 g/mol. The van der Waals surface area contributed by atoms with Gasteiger partial charge in [0.25, 0.3) is 0 Å². The number of aliphatic hydroxyl groups excluding tert-OH is 1. The van der Waals surface area contributed by atoms with Gasteiger partial charge in [-0.1, -0.05) is 0 Å². The smallest absolute Gasteiger partial charge is 0.373 e. The second-order valence-corrected chi connectivity index (χ2v) is 2.97. The van der Waals surface area contributed by atoms with Gasteiger partial charge in [-0.15, -0.1) is 11.3 Å². The molecule has 0 amide bonds. The minimum absolute atomic E-state index is 0.264. The maximum Gasteiger partial charge on any atom is 0.443 e. The van der Waals surface area contributed by atoms with Crippen molar-refractivity contribution in [3.8, 4) is 6.07 Å². The first kappa shape index (κ1) is 9.95. The van der Waals surface area contributed by atoms with Gasteiger partial charge in [0, 0.05) is 5.38 Å². The molecule has 0 aromatic carbocycles. The van der Waals surface area contributed by atoms with Gasteiger partial charge in [0.1, 0.15) is 6.07 Å². The Morgan fingerprint density at radius 2 is 2.23 bits per heavy atom. The summed E-state index contributed by atoms with van der Waals surface area (Å²) < 4.78 is 35.9. The molecule has 0 saturated carbocycles. The zero-order valence-corrected chi connectivity index (χ0v) is 6.85. The molecule has 1 N–H and O–H groups in total. The normalized spacial score (nSPS) is 13.8. The third kappa shape index (κ3) is 2.17. The van der Waals surface area contributed by atoms with Gasteiger partial charge in [0.05, 0.1) is 5.69 Å². The Morgan fingerprint density at radius 3 is 2.62 bits per heavy atom. The Bertz CT molecular complexity index is 340. The molecule has 0 spiro atoms. The van der Waals surface area contributed by atoms with Crippen LogP contribution in [0.2, 0.25) is 0 Å². The van der Waals surface area contributed by atoms with E-state index in [1.54, 1.807) is 0 Å². The number of rotatable bonds is 1. The molecule has 0 aliphatic rings. The van der Waals surface area contributed by atoms with Gasteiger partial charge in [0.15, 0.2) is 11.1 Å². The number of aromatic nitrogens is 1. The highest BCUT2D eigenvalue weighted by Crippen LogP contribution is 2.32. The van der Waals surface area contributed by atoms with Crippen molar-refractivity contribution in [2.24, 2.45) is 0 Å². The van der Waals surface area contributed by atoms with Gasteiger partial charge >= 0.3 is 6.18 Å². The third-order valence-corrected chi connectivity index (χ3v) is 2.07. The maximum absolute atomic E-state index is 12.0. The van der Waals surface area contributed by atoms with E-state index in [9.17, 15) is 13.2 Å². The first-order valence-electron chi connectivity index (χ1n) is 3.05. The molecule has 1 rings (SSSR count). The first-order chi connectivity index (χ1) is 5.95. The summed E-state index contributed by atoms with van der Waals surface area (Å²) in [5.74, 6) is 0. The number of alkyl halides is 3. The summed E-state index contributed by atoms with van der Waals surface area (Å²) in [6.45, 7) is 0. The Morgan fingerprint density at radius 1 is 1.62 bits per heavy atom. The van der Waals surface area contributed by atoms with Crippen molar-refractivity contribution in [3.63, 3.8) is 0 Å². The molecule has 7 heteroatoms. The van der Waals surface area contributed by atoms with Crippen LogP contribution in [0.4, 0.5) is 13.2 Å². The lowest BCUT2D eigenvalue weighted by molar-refractivity contribution is -0.137. The first-order valence-corrected chi connectivity index (χ1v) is 3.93. The molecular formula is C6H3F3N2OS. The number of hydrogen-bond donors (Lipinski definition) is 1. The molecular weight excluding hydrogens is 205 g/mol. The summed E-state index contributed by atoms with van der Waals surface area (Å²) in [7, 11) is 0. The number of hydrogen-bond acceptors (Lipinski definition) is 4. The van der Waals surface area contributed by atoms with Gasteiger partial charge in [-0.25, -0.2) is 4.98 Å². The van der Waals surface area contributed by atoms with E-state index in [1.807, 2.05) is 0 Å². The van der Waals surface area contributed by atoms with Crippen molar-refractivity contribution >= 4 is 11.3 Å². The number of aliphatic hydroxyl groups is 1. The van der Waals surface area contributed by atoms with Crippen LogP contribution >= 0.6 is 11.3 Å². The second kappa shape index (κ2) is 3.32. The molecule has 1 unspecified atom stereocenters. The highest BCUT2D eigenvalue weighted by molar-refractivity contribution is 7.09. The highest BCUT2D eigenvalue weighted by atomic mass is 32.1. The molecule has 0 radical (unpaired) electrons. The summed E-state index contributed by atoms with van der Waals surface area (Å²) in [4.78, 5) is 3.07. The monoisotopic (exact) mass is 208 g/mol. The highest BCUT2D eigenvalue weighted by Gasteiger charge is 2.35. The molecule has 0 fully saturated rings. The van der Waals surface area contributed by atoms with Crippen LogP contribution in [0.5, 0.6) is 0 Å². The van der Waals surface area contributed by atoms with E-state index in [1.165, 1.54) is 6.07 Å². The van der Waals surface area contributed by atoms with Crippen LogP contribution in [-0.4, -0.2) is 10.1 Å². The predicted octanol–water partition coefficient (Wildman–Crippen LogP) is 1.72. The molecule has 70 valence electrons. The van der Waals surface area contributed by atoms with Crippen molar-refractivity contribution in [3.05, 3.63) is 16.1 Å². The fourth-order valence-corrected chi connectivity index (χ4v) is 1.31. The fraction of sp³-hybridized carbons (Fsp3) is 0.333. The third-order valence-electron chi connectivity index (χ3n) is 1.17. The van der Waals surface area contributed by atoms with Gasteiger partial charge in [-0.3, -0.25) is 0 Å². The van der Waals surface area contributed by atoms with E-state index in [2.05, 4.69) is 4.98 Å². The molecule has 3 nitrogen and oxygen atoms in total. The lowest BCUT2D eigenvalue weighted by Gasteiger charge is -1.99.